The minimum absolute atomic E-state index is 0.0439. The third-order valence-corrected chi connectivity index (χ3v) is 2.05. The second-order valence-electron chi connectivity index (χ2n) is 2.80. The van der Waals surface area contributed by atoms with Gasteiger partial charge in [-0.2, -0.15) is 0 Å². The number of hydrogen-bond donors (Lipinski definition) is 0. The van der Waals surface area contributed by atoms with Crippen molar-refractivity contribution in [2.75, 3.05) is 7.11 Å². The number of esters is 1. The highest BCUT2D eigenvalue weighted by Gasteiger charge is 2.25. The monoisotopic (exact) mass is 168 g/mol. The highest BCUT2D eigenvalue weighted by Crippen LogP contribution is 2.13. The van der Waals surface area contributed by atoms with Gasteiger partial charge >= 0.3 is 5.97 Å². The Morgan fingerprint density at radius 3 is 2.83 bits per heavy atom. The Labute approximate surface area is 71.4 Å². The third kappa shape index (κ3) is 1.52. The maximum absolute atomic E-state index is 11.1. The van der Waals surface area contributed by atoms with Gasteiger partial charge in [0.1, 0.15) is 12.1 Å². The predicted molar refractivity (Wildman–Crippen MR) is 46.6 cm³/mol. The Morgan fingerprint density at radius 2 is 2.25 bits per heavy atom. The lowest BCUT2D eigenvalue weighted by Gasteiger charge is -2.18. The summed E-state index contributed by atoms with van der Waals surface area (Å²) in [6.45, 7) is 3.86. The molecule has 1 heterocycles. The van der Waals surface area contributed by atoms with Gasteiger partial charge in [0.05, 0.1) is 13.2 Å². The largest absolute Gasteiger partial charge is 0.465 e. The molecule has 0 aliphatic carbocycles. The molecule has 4 nitrogen and oxygen atoms in total. The van der Waals surface area contributed by atoms with Gasteiger partial charge < -0.3 is 4.74 Å². The average Bonchev–Trinajstić information content (AvgIpc) is 2.08. The quantitative estimate of drug-likeness (QED) is 0.540. The van der Waals surface area contributed by atoms with Gasteiger partial charge in [0.25, 0.3) is 0 Å². The standard InChI is InChI=1S/C8H12N2O2/c1-5-6(2)9-4-10-7(5)8(11)12-3/h4-6H,1-3H3. The molecule has 1 aliphatic heterocycles. The predicted octanol–water partition coefficient (Wildman–Crippen LogP) is 0.667. The van der Waals surface area contributed by atoms with Crippen LogP contribution in [0.3, 0.4) is 0 Å². The van der Waals surface area contributed by atoms with Crippen LogP contribution in [-0.2, 0) is 9.53 Å². The summed E-state index contributed by atoms with van der Waals surface area (Å²) in [5, 5.41) is 0. The van der Waals surface area contributed by atoms with Crippen LogP contribution in [0.2, 0.25) is 0 Å². The Bertz CT molecular complexity index is 245. The van der Waals surface area contributed by atoms with E-state index in [9.17, 15) is 4.79 Å². The van der Waals surface area contributed by atoms with Crippen LogP contribution in [0.4, 0.5) is 0 Å². The number of hydrogen-bond acceptors (Lipinski definition) is 4. The molecule has 1 aliphatic rings. The van der Waals surface area contributed by atoms with Gasteiger partial charge in [-0.15, -0.1) is 0 Å². The van der Waals surface area contributed by atoms with Crippen LogP contribution in [0.1, 0.15) is 13.8 Å². The Kier molecular flexibility index (Phi) is 2.58. The molecule has 0 spiro atoms. The van der Waals surface area contributed by atoms with Gasteiger partial charge in [0.15, 0.2) is 0 Å². The molecule has 2 unspecified atom stereocenters. The van der Waals surface area contributed by atoms with Gasteiger partial charge in [-0.05, 0) is 6.92 Å². The molecule has 0 aromatic rings. The smallest absolute Gasteiger partial charge is 0.352 e. The van der Waals surface area contributed by atoms with Crippen molar-refractivity contribution in [3.05, 3.63) is 0 Å². The van der Waals surface area contributed by atoms with Crippen molar-refractivity contribution in [3.63, 3.8) is 0 Å². The highest BCUT2D eigenvalue weighted by atomic mass is 16.5. The van der Waals surface area contributed by atoms with E-state index in [1.165, 1.54) is 13.4 Å². The Morgan fingerprint density at radius 1 is 1.58 bits per heavy atom. The second-order valence-corrected chi connectivity index (χ2v) is 2.80. The lowest BCUT2D eigenvalue weighted by atomic mass is 9.97. The molecular formula is C8H12N2O2. The van der Waals surface area contributed by atoms with E-state index in [2.05, 4.69) is 14.7 Å². The average molecular weight is 168 g/mol. The van der Waals surface area contributed by atoms with Crippen LogP contribution in [0.25, 0.3) is 0 Å². The van der Waals surface area contributed by atoms with E-state index in [4.69, 9.17) is 0 Å². The number of rotatable bonds is 1. The van der Waals surface area contributed by atoms with Crippen molar-refractivity contribution in [2.45, 2.75) is 19.9 Å². The molecule has 0 radical (unpaired) electrons. The van der Waals surface area contributed by atoms with Crippen molar-refractivity contribution in [1.29, 1.82) is 0 Å². The molecule has 12 heavy (non-hydrogen) atoms. The number of methoxy groups -OCH3 is 1. The fraction of sp³-hybridized carbons (Fsp3) is 0.625. The first-order valence-electron chi connectivity index (χ1n) is 3.84. The minimum atomic E-state index is -0.361. The van der Waals surface area contributed by atoms with Crippen molar-refractivity contribution < 1.29 is 9.53 Å². The molecule has 0 aromatic carbocycles. The summed E-state index contributed by atoms with van der Waals surface area (Å²) in [4.78, 5) is 19.0. The number of aliphatic imine (C=N–C) groups is 2. The minimum Gasteiger partial charge on any atom is -0.465 e. The van der Waals surface area contributed by atoms with Crippen LogP contribution in [0.15, 0.2) is 9.98 Å². The summed E-state index contributed by atoms with van der Waals surface area (Å²) in [6.07, 6.45) is 1.41. The number of carbonyl (C=O) groups excluding carboxylic acids is 1. The van der Waals surface area contributed by atoms with Crippen LogP contribution in [0, 0.1) is 5.92 Å². The van der Waals surface area contributed by atoms with E-state index in [-0.39, 0.29) is 17.9 Å². The van der Waals surface area contributed by atoms with Crippen molar-refractivity contribution >= 4 is 18.0 Å². The lowest BCUT2D eigenvalue weighted by molar-refractivity contribution is -0.133. The molecule has 0 amide bonds. The zero-order valence-electron chi connectivity index (χ0n) is 7.44. The fourth-order valence-electron chi connectivity index (χ4n) is 1.02. The van der Waals surface area contributed by atoms with E-state index >= 15 is 0 Å². The molecule has 0 saturated heterocycles. The highest BCUT2D eigenvalue weighted by molar-refractivity contribution is 6.38. The summed E-state index contributed by atoms with van der Waals surface area (Å²) >= 11 is 0. The van der Waals surface area contributed by atoms with Crippen LogP contribution in [0.5, 0.6) is 0 Å². The van der Waals surface area contributed by atoms with Gasteiger partial charge in [0, 0.05) is 5.92 Å². The molecular weight excluding hydrogens is 156 g/mol. The molecule has 0 N–H and O–H groups in total. The maximum Gasteiger partial charge on any atom is 0.352 e. The summed E-state index contributed by atoms with van der Waals surface area (Å²) in [5.41, 5.74) is 0.458. The van der Waals surface area contributed by atoms with E-state index in [0.29, 0.717) is 5.71 Å². The fourth-order valence-corrected chi connectivity index (χ4v) is 1.02. The third-order valence-electron chi connectivity index (χ3n) is 2.05. The summed E-state index contributed by atoms with van der Waals surface area (Å²) in [5.74, 6) is -0.317. The summed E-state index contributed by atoms with van der Waals surface area (Å²) < 4.78 is 4.58. The van der Waals surface area contributed by atoms with Crippen LogP contribution < -0.4 is 0 Å². The lowest BCUT2D eigenvalue weighted by Crippen LogP contribution is -2.32. The zero-order valence-corrected chi connectivity index (χ0v) is 7.44. The first-order valence-corrected chi connectivity index (χ1v) is 3.84. The Hall–Kier alpha value is -1.19. The zero-order chi connectivity index (χ0) is 9.14. The summed E-state index contributed by atoms with van der Waals surface area (Å²) in [7, 11) is 1.36. The van der Waals surface area contributed by atoms with E-state index in [0.717, 1.165) is 0 Å². The number of ether oxygens (including phenoxy) is 1. The van der Waals surface area contributed by atoms with Crippen molar-refractivity contribution in [1.82, 2.24) is 0 Å². The summed E-state index contributed by atoms with van der Waals surface area (Å²) in [6, 6.07) is 0.108. The van der Waals surface area contributed by atoms with Crippen LogP contribution >= 0.6 is 0 Å². The second kappa shape index (κ2) is 3.47. The van der Waals surface area contributed by atoms with Gasteiger partial charge in [-0.25, -0.2) is 9.79 Å². The van der Waals surface area contributed by atoms with Crippen molar-refractivity contribution in [2.24, 2.45) is 15.9 Å². The molecule has 0 bridgehead atoms. The number of nitrogens with zero attached hydrogens (tertiary/aromatic N) is 2. The molecule has 0 aromatic heterocycles. The Balaban J connectivity index is 2.82. The normalized spacial score (nSPS) is 28.1. The van der Waals surface area contributed by atoms with Gasteiger partial charge in [-0.1, -0.05) is 6.92 Å². The van der Waals surface area contributed by atoms with Gasteiger partial charge in [-0.3, -0.25) is 4.99 Å². The SMILES string of the molecule is COC(=O)C1=NC=NC(C)C1C. The molecule has 2 atom stereocenters. The molecule has 0 saturated carbocycles. The van der Waals surface area contributed by atoms with E-state index in [1.54, 1.807) is 0 Å². The first kappa shape index (κ1) is 8.90. The number of carbonyl (C=O) groups is 1. The van der Waals surface area contributed by atoms with E-state index < -0.39 is 0 Å². The van der Waals surface area contributed by atoms with Gasteiger partial charge in [0.2, 0.25) is 0 Å². The maximum atomic E-state index is 11.1. The molecule has 66 valence electrons. The molecule has 1 rings (SSSR count). The first-order chi connectivity index (χ1) is 5.66. The molecule has 4 heteroatoms. The molecule has 0 fully saturated rings. The van der Waals surface area contributed by atoms with E-state index in [1.807, 2.05) is 13.8 Å². The topological polar surface area (TPSA) is 51.0 Å². The van der Waals surface area contributed by atoms with Crippen LogP contribution in [-0.4, -0.2) is 31.2 Å². The van der Waals surface area contributed by atoms with Crippen molar-refractivity contribution in [3.8, 4) is 0 Å².